The van der Waals surface area contributed by atoms with E-state index in [-0.39, 0.29) is 11.4 Å². The summed E-state index contributed by atoms with van der Waals surface area (Å²) in [5.74, 6) is 0.617. The van der Waals surface area contributed by atoms with Gasteiger partial charge in [-0.1, -0.05) is 53.5 Å². The number of allylic oxidation sites excluding steroid dienone is 1. The van der Waals surface area contributed by atoms with Gasteiger partial charge in [0, 0.05) is 17.2 Å². The maximum atomic E-state index is 12.4. The van der Waals surface area contributed by atoms with E-state index in [9.17, 15) is 10.1 Å². The first kappa shape index (κ1) is 17.0. The lowest BCUT2D eigenvalue weighted by Crippen LogP contribution is -2.01. The summed E-state index contributed by atoms with van der Waals surface area (Å²) in [4.78, 5) is 12.4. The third-order valence-corrected chi connectivity index (χ3v) is 4.26. The molecule has 0 amide bonds. The maximum Gasteiger partial charge on any atom is 0.203 e. The fourth-order valence-corrected chi connectivity index (χ4v) is 2.57. The molecule has 0 unspecified atom stereocenters. The number of Topliss-reactive ketones (excluding diaryl/α,β-unsaturated/α-hetero) is 1. The molecule has 0 spiro atoms. The molecule has 25 heavy (non-hydrogen) atoms. The lowest BCUT2D eigenvalue weighted by Gasteiger charge is -2.00. The zero-order valence-electron chi connectivity index (χ0n) is 12.9. The Bertz CT molecular complexity index is 998. The smallest absolute Gasteiger partial charge is 0.203 e. The van der Waals surface area contributed by atoms with Gasteiger partial charge in [-0.15, -0.1) is 0 Å². The van der Waals surface area contributed by atoms with Crippen molar-refractivity contribution in [1.29, 1.82) is 5.26 Å². The number of halogens is 2. The molecule has 3 aromatic rings. The summed E-state index contributed by atoms with van der Waals surface area (Å²) < 4.78 is 5.70. The van der Waals surface area contributed by atoms with Crippen molar-refractivity contribution in [2.24, 2.45) is 0 Å². The Morgan fingerprint density at radius 1 is 1.00 bits per heavy atom. The Labute approximate surface area is 154 Å². The SMILES string of the molecule is N#C/C(=C\c1ccc(-c2ccc(Cl)c(Cl)c2)o1)C(=O)c1ccccc1. The second-order valence-electron chi connectivity index (χ2n) is 5.20. The summed E-state index contributed by atoms with van der Waals surface area (Å²) in [7, 11) is 0. The van der Waals surface area contributed by atoms with E-state index < -0.39 is 0 Å². The number of hydrogen-bond acceptors (Lipinski definition) is 3. The van der Waals surface area contributed by atoms with Crippen LogP contribution >= 0.6 is 23.2 Å². The van der Waals surface area contributed by atoms with Gasteiger partial charge in [-0.05, 0) is 30.3 Å². The van der Waals surface area contributed by atoms with E-state index in [2.05, 4.69) is 0 Å². The molecule has 2 aromatic carbocycles. The zero-order valence-corrected chi connectivity index (χ0v) is 14.4. The number of nitrogens with zero attached hydrogens (tertiary/aromatic N) is 1. The van der Waals surface area contributed by atoms with Gasteiger partial charge in [0.25, 0.3) is 0 Å². The van der Waals surface area contributed by atoms with E-state index >= 15 is 0 Å². The van der Waals surface area contributed by atoms with E-state index in [1.165, 1.54) is 6.08 Å². The molecule has 3 nitrogen and oxygen atoms in total. The van der Waals surface area contributed by atoms with Crippen LogP contribution in [-0.2, 0) is 0 Å². The molecule has 0 saturated heterocycles. The third-order valence-electron chi connectivity index (χ3n) is 3.52. The van der Waals surface area contributed by atoms with E-state index in [1.807, 2.05) is 12.1 Å². The van der Waals surface area contributed by atoms with Crippen molar-refractivity contribution in [3.05, 3.63) is 87.6 Å². The molecular weight excluding hydrogens is 357 g/mol. The highest BCUT2D eigenvalue weighted by Crippen LogP contribution is 2.30. The maximum absolute atomic E-state index is 12.4. The van der Waals surface area contributed by atoms with Gasteiger partial charge in [-0.2, -0.15) is 5.26 Å². The number of carbonyl (C=O) groups excluding carboxylic acids is 1. The minimum Gasteiger partial charge on any atom is -0.457 e. The summed E-state index contributed by atoms with van der Waals surface area (Å²) in [6.45, 7) is 0. The van der Waals surface area contributed by atoms with Crippen molar-refractivity contribution in [1.82, 2.24) is 0 Å². The van der Waals surface area contributed by atoms with Gasteiger partial charge in [0.2, 0.25) is 5.78 Å². The van der Waals surface area contributed by atoms with Crippen LogP contribution in [0.2, 0.25) is 10.0 Å². The molecule has 0 radical (unpaired) electrons. The second-order valence-corrected chi connectivity index (χ2v) is 6.01. The molecule has 0 N–H and O–H groups in total. The third kappa shape index (κ3) is 3.83. The predicted molar refractivity (Wildman–Crippen MR) is 98.5 cm³/mol. The molecule has 3 rings (SSSR count). The van der Waals surface area contributed by atoms with Crippen LogP contribution in [0.3, 0.4) is 0 Å². The fourth-order valence-electron chi connectivity index (χ4n) is 2.27. The van der Waals surface area contributed by atoms with Crippen LogP contribution in [0.5, 0.6) is 0 Å². The number of nitriles is 1. The van der Waals surface area contributed by atoms with E-state index in [0.29, 0.717) is 27.1 Å². The Balaban J connectivity index is 1.90. The number of ketones is 1. The van der Waals surface area contributed by atoms with Crippen LogP contribution in [0.25, 0.3) is 17.4 Å². The molecule has 0 fully saturated rings. The Hall–Kier alpha value is -2.80. The Morgan fingerprint density at radius 3 is 2.44 bits per heavy atom. The van der Waals surface area contributed by atoms with Crippen LogP contribution in [-0.4, -0.2) is 5.78 Å². The monoisotopic (exact) mass is 367 g/mol. The average Bonchev–Trinajstić information content (AvgIpc) is 3.11. The Kier molecular flexibility index (Phi) is 5.04. The fraction of sp³-hybridized carbons (Fsp3) is 0. The molecule has 1 aromatic heterocycles. The van der Waals surface area contributed by atoms with Gasteiger partial charge < -0.3 is 4.42 Å². The molecule has 0 saturated carbocycles. The number of benzene rings is 2. The molecule has 0 bridgehead atoms. The van der Waals surface area contributed by atoms with Crippen molar-refractivity contribution in [2.75, 3.05) is 0 Å². The second kappa shape index (κ2) is 7.40. The highest BCUT2D eigenvalue weighted by molar-refractivity contribution is 6.42. The van der Waals surface area contributed by atoms with Crippen LogP contribution in [0, 0.1) is 11.3 Å². The van der Waals surface area contributed by atoms with Crippen molar-refractivity contribution in [3.8, 4) is 17.4 Å². The summed E-state index contributed by atoms with van der Waals surface area (Å²) in [6, 6.07) is 19.1. The molecule has 0 atom stereocenters. The van der Waals surface area contributed by atoms with E-state index in [4.69, 9.17) is 27.6 Å². The molecule has 0 aliphatic heterocycles. The summed E-state index contributed by atoms with van der Waals surface area (Å²) in [6.07, 6.45) is 1.43. The lowest BCUT2D eigenvalue weighted by atomic mass is 10.0. The van der Waals surface area contributed by atoms with Crippen molar-refractivity contribution in [2.45, 2.75) is 0 Å². The molecular formula is C20H11Cl2NO2. The minimum atomic E-state index is -0.351. The zero-order chi connectivity index (χ0) is 17.8. The first-order valence-electron chi connectivity index (χ1n) is 7.35. The van der Waals surface area contributed by atoms with Crippen molar-refractivity contribution < 1.29 is 9.21 Å². The van der Waals surface area contributed by atoms with Crippen LogP contribution < -0.4 is 0 Å². The quantitative estimate of drug-likeness (QED) is 0.320. The standard InChI is InChI=1S/C20H11Cl2NO2/c21-17-8-6-14(11-18(17)22)19-9-7-16(25-19)10-15(12-23)20(24)13-4-2-1-3-5-13/h1-11H/b15-10+. The van der Waals surface area contributed by atoms with Crippen LogP contribution in [0.1, 0.15) is 16.1 Å². The summed E-state index contributed by atoms with van der Waals surface area (Å²) >= 11 is 11.9. The van der Waals surface area contributed by atoms with Gasteiger partial charge in [0.05, 0.1) is 10.0 Å². The number of rotatable bonds is 4. The molecule has 122 valence electrons. The molecule has 5 heteroatoms. The first-order valence-corrected chi connectivity index (χ1v) is 8.11. The Morgan fingerprint density at radius 2 is 1.76 bits per heavy atom. The summed E-state index contributed by atoms with van der Waals surface area (Å²) in [5.41, 5.74) is 1.20. The largest absolute Gasteiger partial charge is 0.457 e. The van der Waals surface area contributed by atoms with Gasteiger partial charge in [0.15, 0.2) is 0 Å². The number of furan rings is 1. The van der Waals surface area contributed by atoms with Gasteiger partial charge in [0.1, 0.15) is 23.2 Å². The normalized spacial score (nSPS) is 11.2. The van der Waals surface area contributed by atoms with E-state index in [1.54, 1.807) is 54.6 Å². The first-order chi connectivity index (χ1) is 12.1. The van der Waals surface area contributed by atoms with Crippen LogP contribution in [0.15, 0.2) is 70.7 Å². The van der Waals surface area contributed by atoms with Crippen molar-refractivity contribution >= 4 is 35.1 Å². The molecule has 1 heterocycles. The highest BCUT2D eigenvalue weighted by atomic mass is 35.5. The van der Waals surface area contributed by atoms with Gasteiger partial charge in [-0.25, -0.2) is 0 Å². The molecule has 0 aliphatic rings. The van der Waals surface area contributed by atoms with Crippen LogP contribution in [0.4, 0.5) is 0 Å². The predicted octanol–water partition coefficient (Wildman–Crippen LogP) is 6.04. The number of carbonyl (C=O) groups is 1. The molecule has 0 aliphatic carbocycles. The average molecular weight is 368 g/mol. The topological polar surface area (TPSA) is 54.0 Å². The van der Waals surface area contributed by atoms with Crippen molar-refractivity contribution in [3.63, 3.8) is 0 Å². The highest BCUT2D eigenvalue weighted by Gasteiger charge is 2.13. The minimum absolute atomic E-state index is 0.00115. The summed E-state index contributed by atoms with van der Waals surface area (Å²) in [5, 5.41) is 10.2. The number of hydrogen-bond donors (Lipinski definition) is 0. The van der Waals surface area contributed by atoms with E-state index in [0.717, 1.165) is 5.56 Å². The van der Waals surface area contributed by atoms with Gasteiger partial charge in [-0.3, -0.25) is 4.79 Å². The lowest BCUT2D eigenvalue weighted by molar-refractivity contribution is 0.104. The van der Waals surface area contributed by atoms with Gasteiger partial charge >= 0.3 is 0 Å².